The van der Waals surface area contributed by atoms with Crippen molar-refractivity contribution in [3.8, 4) is 0 Å². The number of fused-ring (bicyclic) bond motifs is 1. The molecular weight excluding hydrogens is 212 g/mol. The summed E-state index contributed by atoms with van der Waals surface area (Å²) in [6, 6.07) is 8.41. The highest BCUT2D eigenvalue weighted by Gasteiger charge is 2.28. The monoisotopic (exact) mass is 230 g/mol. The second-order valence-corrected chi connectivity index (χ2v) is 5.18. The average molecular weight is 230 g/mol. The molecule has 90 valence electrons. The molecule has 0 amide bonds. The summed E-state index contributed by atoms with van der Waals surface area (Å²) in [6.07, 6.45) is 4.10. The zero-order valence-corrected chi connectivity index (χ0v) is 10.4. The summed E-state index contributed by atoms with van der Waals surface area (Å²) < 4.78 is 0. The maximum Gasteiger partial charge on any atom is 0.303 e. The molecule has 0 unspecified atom stereocenters. The van der Waals surface area contributed by atoms with E-state index in [2.05, 4.69) is 38.1 Å². The Morgan fingerprint density at radius 3 is 2.71 bits per heavy atom. The Morgan fingerprint density at radius 1 is 1.29 bits per heavy atom. The van der Waals surface area contributed by atoms with Crippen LogP contribution in [0.15, 0.2) is 30.3 Å². The topological polar surface area (TPSA) is 37.3 Å². The van der Waals surface area contributed by atoms with Crippen LogP contribution in [-0.4, -0.2) is 11.1 Å². The lowest BCUT2D eigenvalue weighted by molar-refractivity contribution is -0.137. The first-order chi connectivity index (χ1) is 8.00. The molecule has 0 aliphatic heterocycles. The number of carboxylic acids is 1. The van der Waals surface area contributed by atoms with E-state index < -0.39 is 5.97 Å². The summed E-state index contributed by atoms with van der Waals surface area (Å²) >= 11 is 0. The van der Waals surface area contributed by atoms with E-state index in [1.54, 1.807) is 0 Å². The van der Waals surface area contributed by atoms with Gasteiger partial charge >= 0.3 is 5.97 Å². The van der Waals surface area contributed by atoms with Crippen LogP contribution < -0.4 is 0 Å². The van der Waals surface area contributed by atoms with Gasteiger partial charge in [0.15, 0.2) is 0 Å². The van der Waals surface area contributed by atoms with Crippen LogP contribution in [0.5, 0.6) is 0 Å². The molecule has 1 aromatic rings. The summed E-state index contributed by atoms with van der Waals surface area (Å²) in [4.78, 5) is 10.5. The fourth-order valence-corrected chi connectivity index (χ4v) is 2.55. The normalized spacial score (nSPS) is 16.5. The van der Waals surface area contributed by atoms with Gasteiger partial charge < -0.3 is 5.11 Å². The Labute approximate surface area is 102 Å². The average Bonchev–Trinajstić information content (AvgIpc) is 2.51. The van der Waals surface area contributed by atoms with Gasteiger partial charge in [0.05, 0.1) is 0 Å². The van der Waals surface area contributed by atoms with Crippen LogP contribution in [0.1, 0.15) is 44.2 Å². The third-order valence-electron chi connectivity index (χ3n) is 3.34. The number of hydrogen-bond donors (Lipinski definition) is 1. The minimum atomic E-state index is -0.712. The van der Waals surface area contributed by atoms with E-state index in [0.29, 0.717) is 6.42 Å². The molecule has 0 spiro atoms. The lowest BCUT2D eigenvalue weighted by Gasteiger charge is -2.16. The van der Waals surface area contributed by atoms with Gasteiger partial charge in [0, 0.05) is 11.8 Å². The van der Waals surface area contributed by atoms with Gasteiger partial charge in [-0.1, -0.05) is 44.2 Å². The summed E-state index contributed by atoms with van der Waals surface area (Å²) in [7, 11) is 0. The first-order valence-corrected chi connectivity index (χ1v) is 6.04. The number of carboxylic acid groups (broad SMARTS) is 1. The van der Waals surface area contributed by atoms with Gasteiger partial charge in [-0.15, -0.1) is 0 Å². The van der Waals surface area contributed by atoms with Crippen molar-refractivity contribution in [3.05, 3.63) is 41.5 Å². The van der Waals surface area contributed by atoms with Gasteiger partial charge in [0.2, 0.25) is 0 Å². The first kappa shape index (κ1) is 11.9. The largest absolute Gasteiger partial charge is 0.481 e. The molecule has 0 atom stereocenters. The lowest BCUT2D eigenvalue weighted by Crippen LogP contribution is -2.10. The highest BCUT2D eigenvalue weighted by molar-refractivity contribution is 5.76. The number of hydrogen-bond acceptors (Lipinski definition) is 1. The van der Waals surface area contributed by atoms with E-state index in [4.69, 9.17) is 5.11 Å². The van der Waals surface area contributed by atoms with E-state index in [9.17, 15) is 4.79 Å². The van der Waals surface area contributed by atoms with Crippen LogP contribution in [-0.2, 0) is 10.2 Å². The van der Waals surface area contributed by atoms with Crippen LogP contribution in [0.4, 0.5) is 0 Å². The molecule has 0 fully saturated rings. The Bertz CT molecular complexity index is 470. The van der Waals surface area contributed by atoms with E-state index in [0.717, 1.165) is 6.42 Å². The van der Waals surface area contributed by atoms with Gasteiger partial charge in [0.25, 0.3) is 0 Å². The SMILES string of the molecule is CC1(C)C=C(CCCC(=O)O)c2ccccc21. The standard InChI is InChI=1S/C15H18O2/c1-15(2)10-11(6-5-9-14(16)17)12-7-3-4-8-13(12)15/h3-4,7-8,10H,5-6,9H2,1-2H3,(H,16,17). The molecule has 0 saturated heterocycles. The van der Waals surface area contributed by atoms with E-state index in [-0.39, 0.29) is 11.8 Å². The molecule has 0 saturated carbocycles. The van der Waals surface area contributed by atoms with Crippen molar-refractivity contribution in [2.24, 2.45) is 0 Å². The Balaban J connectivity index is 2.17. The molecule has 2 rings (SSSR count). The van der Waals surface area contributed by atoms with Gasteiger partial charge in [-0.25, -0.2) is 0 Å². The minimum absolute atomic E-state index is 0.0785. The van der Waals surface area contributed by atoms with E-state index in [1.165, 1.54) is 16.7 Å². The van der Waals surface area contributed by atoms with Crippen LogP contribution in [0.3, 0.4) is 0 Å². The smallest absolute Gasteiger partial charge is 0.303 e. The van der Waals surface area contributed by atoms with Gasteiger partial charge in [0.1, 0.15) is 0 Å². The minimum Gasteiger partial charge on any atom is -0.481 e. The highest BCUT2D eigenvalue weighted by atomic mass is 16.4. The summed E-state index contributed by atoms with van der Waals surface area (Å²) in [5, 5.41) is 8.67. The second-order valence-electron chi connectivity index (χ2n) is 5.18. The zero-order valence-electron chi connectivity index (χ0n) is 10.4. The predicted octanol–water partition coefficient (Wildman–Crippen LogP) is 3.62. The van der Waals surface area contributed by atoms with Crippen LogP contribution >= 0.6 is 0 Å². The quantitative estimate of drug-likeness (QED) is 0.857. The molecule has 0 heterocycles. The number of carbonyl (C=O) groups is 1. The molecule has 1 aliphatic carbocycles. The van der Waals surface area contributed by atoms with Crippen molar-refractivity contribution >= 4 is 11.5 Å². The van der Waals surface area contributed by atoms with Crippen molar-refractivity contribution in [2.75, 3.05) is 0 Å². The van der Waals surface area contributed by atoms with Gasteiger partial charge in [-0.3, -0.25) is 4.79 Å². The summed E-state index contributed by atoms with van der Waals surface area (Å²) in [6.45, 7) is 4.41. The maximum absolute atomic E-state index is 10.5. The summed E-state index contributed by atoms with van der Waals surface area (Å²) in [5.41, 5.74) is 4.02. The second kappa shape index (κ2) is 4.36. The van der Waals surface area contributed by atoms with Crippen molar-refractivity contribution in [1.82, 2.24) is 0 Å². The summed E-state index contributed by atoms with van der Waals surface area (Å²) in [5.74, 6) is -0.712. The van der Waals surface area contributed by atoms with Gasteiger partial charge in [-0.2, -0.15) is 0 Å². The van der Waals surface area contributed by atoms with E-state index in [1.807, 2.05) is 6.07 Å². The van der Waals surface area contributed by atoms with Crippen LogP contribution in [0.2, 0.25) is 0 Å². The Kier molecular flexibility index (Phi) is 3.05. The highest BCUT2D eigenvalue weighted by Crippen LogP contribution is 2.41. The fourth-order valence-electron chi connectivity index (χ4n) is 2.55. The number of benzene rings is 1. The molecule has 1 aromatic carbocycles. The molecule has 1 aliphatic rings. The molecule has 2 heteroatoms. The molecule has 1 N–H and O–H groups in total. The first-order valence-electron chi connectivity index (χ1n) is 6.04. The third kappa shape index (κ3) is 2.41. The van der Waals surface area contributed by atoms with E-state index >= 15 is 0 Å². The predicted molar refractivity (Wildman–Crippen MR) is 68.9 cm³/mol. The van der Waals surface area contributed by atoms with Crippen LogP contribution in [0, 0.1) is 0 Å². The van der Waals surface area contributed by atoms with Crippen molar-refractivity contribution < 1.29 is 9.90 Å². The Hall–Kier alpha value is -1.57. The number of aliphatic carboxylic acids is 1. The fraction of sp³-hybridized carbons (Fsp3) is 0.400. The van der Waals surface area contributed by atoms with Crippen LogP contribution in [0.25, 0.3) is 5.57 Å². The lowest BCUT2D eigenvalue weighted by atomic mass is 9.87. The Morgan fingerprint density at radius 2 is 2.00 bits per heavy atom. The van der Waals surface area contributed by atoms with Crippen molar-refractivity contribution in [1.29, 1.82) is 0 Å². The number of rotatable bonds is 4. The zero-order chi connectivity index (χ0) is 12.5. The number of allylic oxidation sites excluding steroid dienone is 2. The molecule has 0 bridgehead atoms. The molecule has 2 nitrogen and oxygen atoms in total. The van der Waals surface area contributed by atoms with Gasteiger partial charge in [-0.05, 0) is 29.5 Å². The van der Waals surface area contributed by atoms with Crippen molar-refractivity contribution in [3.63, 3.8) is 0 Å². The molecular formula is C15H18O2. The molecule has 0 radical (unpaired) electrons. The molecule has 17 heavy (non-hydrogen) atoms. The maximum atomic E-state index is 10.5. The van der Waals surface area contributed by atoms with Crippen molar-refractivity contribution in [2.45, 2.75) is 38.5 Å². The molecule has 0 aromatic heterocycles. The third-order valence-corrected chi connectivity index (χ3v) is 3.34.